The molecule has 0 unspecified atom stereocenters. The van der Waals surface area contributed by atoms with Gasteiger partial charge in [-0.2, -0.15) is 0 Å². The first-order chi connectivity index (χ1) is 16.5. The predicted molar refractivity (Wildman–Crippen MR) is 123 cm³/mol. The van der Waals surface area contributed by atoms with Crippen molar-refractivity contribution in [2.24, 2.45) is 0 Å². The first-order valence-electron chi connectivity index (χ1n) is 10.6. The van der Waals surface area contributed by atoms with E-state index < -0.39 is 17.9 Å². The molecule has 0 saturated heterocycles. The van der Waals surface area contributed by atoms with E-state index in [1.54, 1.807) is 23.7 Å². The summed E-state index contributed by atoms with van der Waals surface area (Å²) in [6.45, 7) is 0.149. The molecule has 1 atom stereocenters. The van der Waals surface area contributed by atoms with E-state index in [9.17, 15) is 14.4 Å². The number of amides is 3. The molecule has 3 aromatic rings. The van der Waals surface area contributed by atoms with Gasteiger partial charge in [-0.1, -0.05) is 36.4 Å². The van der Waals surface area contributed by atoms with Crippen LogP contribution in [0.5, 0.6) is 11.5 Å². The zero-order valence-electron chi connectivity index (χ0n) is 18.1. The lowest BCUT2D eigenvalue weighted by molar-refractivity contribution is -0.126. The molecule has 4 N–H and O–H groups in total. The molecule has 0 fully saturated rings. The van der Waals surface area contributed by atoms with E-state index in [0.717, 1.165) is 11.1 Å². The average molecular weight is 461 g/mol. The van der Waals surface area contributed by atoms with Crippen LogP contribution in [0.25, 0.3) is 0 Å². The van der Waals surface area contributed by atoms with Gasteiger partial charge < -0.3 is 20.1 Å². The van der Waals surface area contributed by atoms with Gasteiger partial charge in [-0.3, -0.25) is 19.6 Å². The Bertz CT molecular complexity index is 1180. The third-order valence-electron chi connectivity index (χ3n) is 5.25. The van der Waals surface area contributed by atoms with Crippen LogP contribution in [-0.2, 0) is 22.4 Å². The van der Waals surface area contributed by atoms with Crippen molar-refractivity contribution in [2.75, 3.05) is 12.1 Å². The van der Waals surface area contributed by atoms with Crippen LogP contribution in [0.15, 0.2) is 72.8 Å². The number of benzene rings is 3. The molecule has 4 rings (SSSR count). The number of hydrogen-bond acceptors (Lipinski definition) is 6. The van der Waals surface area contributed by atoms with Crippen LogP contribution in [0, 0.1) is 0 Å². The van der Waals surface area contributed by atoms with Gasteiger partial charge in [0.15, 0.2) is 11.5 Å². The van der Waals surface area contributed by atoms with Crippen LogP contribution < -0.4 is 25.6 Å². The highest BCUT2D eigenvalue weighted by Gasteiger charge is 2.22. The molecule has 0 aliphatic carbocycles. The molecule has 1 heterocycles. The minimum absolute atomic E-state index is 0.0696. The molecule has 34 heavy (non-hydrogen) atoms. The lowest BCUT2D eigenvalue weighted by atomic mass is 10.0. The predicted octanol–water partition coefficient (Wildman–Crippen LogP) is 2.44. The van der Waals surface area contributed by atoms with Crippen LogP contribution in [0.4, 0.5) is 5.69 Å². The fourth-order valence-electron chi connectivity index (χ4n) is 3.54. The lowest BCUT2D eigenvalue weighted by Crippen LogP contribution is -2.45. The number of ether oxygens (including phenoxy) is 2. The topological polar surface area (TPSA) is 126 Å². The van der Waals surface area contributed by atoms with Gasteiger partial charge in [0.2, 0.25) is 18.6 Å². The minimum atomic E-state index is -0.829. The maximum atomic E-state index is 13.1. The summed E-state index contributed by atoms with van der Waals surface area (Å²) in [6, 6.07) is 19.8. The van der Waals surface area contributed by atoms with Crippen LogP contribution in [-0.4, -0.2) is 35.8 Å². The molecular formula is C25H23N3O6. The third-order valence-corrected chi connectivity index (χ3v) is 5.25. The van der Waals surface area contributed by atoms with Gasteiger partial charge in [-0.25, -0.2) is 5.48 Å². The molecule has 3 amide bonds. The fraction of sp³-hybridized carbons (Fsp3) is 0.160. The smallest absolute Gasteiger partial charge is 0.274 e. The van der Waals surface area contributed by atoms with Gasteiger partial charge in [0, 0.05) is 17.7 Å². The van der Waals surface area contributed by atoms with Crippen molar-refractivity contribution in [2.45, 2.75) is 18.9 Å². The molecular weight excluding hydrogens is 438 g/mol. The summed E-state index contributed by atoms with van der Waals surface area (Å²) < 4.78 is 10.7. The Kier molecular flexibility index (Phi) is 7.04. The molecule has 9 heteroatoms. The van der Waals surface area contributed by atoms with E-state index in [2.05, 4.69) is 10.6 Å². The van der Waals surface area contributed by atoms with Gasteiger partial charge in [0.05, 0.1) is 6.42 Å². The summed E-state index contributed by atoms with van der Waals surface area (Å²) in [4.78, 5) is 37.3. The number of fused-ring (bicyclic) bond motifs is 1. The second-order valence-electron chi connectivity index (χ2n) is 7.68. The van der Waals surface area contributed by atoms with Crippen molar-refractivity contribution in [3.05, 3.63) is 89.5 Å². The average Bonchev–Trinajstić information content (AvgIpc) is 3.32. The summed E-state index contributed by atoms with van der Waals surface area (Å²) in [5.41, 5.74) is 3.86. The van der Waals surface area contributed by atoms with Gasteiger partial charge in [0.25, 0.3) is 5.91 Å². The number of rotatable bonds is 8. The Balaban J connectivity index is 1.45. The van der Waals surface area contributed by atoms with E-state index in [1.165, 1.54) is 24.3 Å². The Morgan fingerprint density at radius 1 is 0.882 bits per heavy atom. The van der Waals surface area contributed by atoms with Crippen molar-refractivity contribution in [3.8, 4) is 11.5 Å². The Labute approximate surface area is 195 Å². The molecule has 0 aromatic heterocycles. The largest absolute Gasteiger partial charge is 0.454 e. The summed E-state index contributed by atoms with van der Waals surface area (Å²) in [7, 11) is 0. The normalized spacial score (nSPS) is 12.5. The summed E-state index contributed by atoms with van der Waals surface area (Å²) in [6.07, 6.45) is 0.366. The quantitative estimate of drug-likeness (QED) is 0.302. The van der Waals surface area contributed by atoms with E-state index in [4.69, 9.17) is 14.7 Å². The monoisotopic (exact) mass is 461 g/mol. The number of hydroxylamine groups is 1. The second kappa shape index (κ2) is 10.5. The molecule has 0 saturated carbocycles. The first-order valence-corrected chi connectivity index (χ1v) is 10.6. The highest BCUT2D eigenvalue weighted by atomic mass is 16.7. The molecule has 0 radical (unpaired) electrons. The molecule has 0 spiro atoms. The summed E-state index contributed by atoms with van der Waals surface area (Å²) in [5, 5.41) is 14.3. The summed E-state index contributed by atoms with van der Waals surface area (Å²) >= 11 is 0. The lowest BCUT2D eigenvalue weighted by Gasteiger charge is -2.19. The highest BCUT2D eigenvalue weighted by Crippen LogP contribution is 2.32. The molecule has 0 bridgehead atoms. The SMILES string of the molecule is O=C(Cc1ccc2c(c1)OCO2)N[C@@H](Cc1ccccc1)C(=O)Nc1ccc(C(=O)NO)cc1. The zero-order chi connectivity index (χ0) is 23.9. The Morgan fingerprint density at radius 2 is 1.62 bits per heavy atom. The van der Waals surface area contributed by atoms with Crippen LogP contribution >= 0.6 is 0 Å². The van der Waals surface area contributed by atoms with Crippen molar-refractivity contribution >= 4 is 23.4 Å². The standard InChI is InChI=1S/C25H23N3O6/c29-23(14-17-6-11-21-22(13-17)34-15-33-21)27-20(12-16-4-2-1-3-5-16)25(31)26-19-9-7-18(8-10-19)24(30)28-32/h1-11,13,20,32H,12,14-15H2,(H,26,31)(H,27,29)(H,28,30)/t20-/m0/s1. The van der Waals surface area contributed by atoms with E-state index in [-0.39, 0.29) is 24.7 Å². The van der Waals surface area contributed by atoms with Crippen molar-refractivity contribution < 1.29 is 29.1 Å². The van der Waals surface area contributed by atoms with Crippen LogP contribution in [0.1, 0.15) is 21.5 Å². The number of hydrogen-bond donors (Lipinski definition) is 4. The van der Waals surface area contributed by atoms with E-state index in [1.807, 2.05) is 30.3 Å². The maximum Gasteiger partial charge on any atom is 0.274 e. The number of nitrogens with one attached hydrogen (secondary N) is 3. The fourth-order valence-corrected chi connectivity index (χ4v) is 3.54. The summed E-state index contributed by atoms with van der Waals surface area (Å²) in [5.74, 6) is -0.155. The highest BCUT2D eigenvalue weighted by molar-refractivity contribution is 5.98. The van der Waals surface area contributed by atoms with Gasteiger partial charge >= 0.3 is 0 Å². The van der Waals surface area contributed by atoms with Crippen molar-refractivity contribution in [1.29, 1.82) is 0 Å². The van der Waals surface area contributed by atoms with E-state index in [0.29, 0.717) is 23.6 Å². The molecule has 174 valence electrons. The number of carbonyl (C=O) groups is 3. The van der Waals surface area contributed by atoms with E-state index >= 15 is 0 Å². The molecule has 3 aromatic carbocycles. The number of carbonyl (C=O) groups excluding carboxylic acids is 3. The Hall–Kier alpha value is -4.37. The first kappa shape index (κ1) is 22.8. The third kappa shape index (κ3) is 5.70. The number of anilines is 1. The van der Waals surface area contributed by atoms with Crippen molar-refractivity contribution in [1.82, 2.24) is 10.8 Å². The molecule has 9 nitrogen and oxygen atoms in total. The Morgan fingerprint density at radius 3 is 2.35 bits per heavy atom. The van der Waals surface area contributed by atoms with Gasteiger partial charge in [-0.05, 0) is 47.5 Å². The van der Waals surface area contributed by atoms with Crippen molar-refractivity contribution in [3.63, 3.8) is 0 Å². The van der Waals surface area contributed by atoms with Gasteiger partial charge in [-0.15, -0.1) is 0 Å². The van der Waals surface area contributed by atoms with Crippen LogP contribution in [0.3, 0.4) is 0 Å². The zero-order valence-corrected chi connectivity index (χ0v) is 18.1. The molecule has 1 aliphatic rings. The molecule has 1 aliphatic heterocycles. The van der Waals surface area contributed by atoms with Crippen LogP contribution in [0.2, 0.25) is 0 Å². The minimum Gasteiger partial charge on any atom is -0.454 e. The van der Waals surface area contributed by atoms with Gasteiger partial charge in [0.1, 0.15) is 6.04 Å². The second-order valence-corrected chi connectivity index (χ2v) is 7.68. The maximum absolute atomic E-state index is 13.1.